The van der Waals surface area contributed by atoms with Crippen LogP contribution in [0.5, 0.6) is 11.8 Å². The molecule has 1 aromatic carbocycles. The fourth-order valence-corrected chi connectivity index (χ4v) is 5.20. The van der Waals surface area contributed by atoms with Gasteiger partial charge in [-0.05, 0) is 48.8 Å². The van der Waals surface area contributed by atoms with E-state index in [9.17, 15) is 9.90 Å². The Balaban J connectivity index is 1.74. The molecule has 3 rings (SSSR count). The first-order valence-corrected chi connectivity index (χ1v) is 12.1. The van der Waals surface area contributed by atoms with Gasteiger partial charge in [0, 0.05) is 18.6 Å². The van der Waals surface area contributed by atoms with Crippen LogP contribution in [0.15, 0.2) is 29.1 Å². The van der Waals surface area contributed by atoms with Crippen LogP contribution >= 0.6 is 11.8 Å². The number of Topliss-reactive ketones (excluding diaryl/α,β-unsaturated/α-hetero) is 1. The molecule has 1 aliphatic carbocycles. The lowest BCUT2D eigenvalue weighted by molar-refractivity contribution is -0.115. The lowest BCUT2D eigenvalue weighted by Gasteiger charge is -2.26. The van der Waals surface area contributed by atoms with Gasteiger partial charge in [0.2, 0.25) is 11.8 Å². The third-order valence-electron chi connectivity index (χ3n) is 5.82. The summed E-state index contributed by atoms with van der Waals surface area (Å²) >= 11 is 1.50. The maximum Gasteiger partial charge on any atom is 0.220 e. The molecule has 0 spiro atoms. The zero-order chi connectivity index (χ0) is 23.3. The molecule has 0 saturated heterocycles. The Morgan fingerprint density at radius 2 is 1.62 bits per heavy atom. The highest BCUT2D eigenvalue weighted by Gasteiger charge is 2.30. The number of thioether (sulfide) groups is 1. The summed E-state index contributed by atoms with van der Waals surface area (Å²) in [5.41, 5.74) is 4.94. The Hall–Kier alpha value is -2.54. The Morgan fingerprint density at radius 1 is 1.03 bits per heavy atom. The van der Waals surface area contributed by atoms with Crippen molar-refractivity contribution >= 4 is 23.1 Å². The van der Waals surface area contributed by atoms with Gasteiger partial charge in [0.15, 0.2) is 10.9 Å². The van der Waals surface area contributed by atoms with Gasteiger partial charge in [-0.25, -0.2) is 0 Å². The molecule has 0 fully saturated rings. The summed E-state index contributed by atoms with van der Waals surface area (Å²) in [5.74, 6) is 2.01. The molecule has 1 unspecified atom stereocenters. The molecule has 0 aliphatic heterocycles. The summed E-state index contributed by atoms with van der Waals surface area (Å²) in [4.78, 5) is 21.8. The van der Waals surface area contributed by atoms with Gasteiger partial charge in [-0.15, -0.1) is 0 Å². The normalized spacial score (nSPS) is 16.4. The minimum Gasteiger partial charge on any atom is -0.512 e. The summed E-state index contributed by atoms with van der Waals surface area (Å²) in [6.07, 6.45) is 3.41. The number of nitrogens with zero attached hydrogens (tertiary/aromatic N) is 2. The van der Waals surface area contributed by atoms with E-state index in [1.165, 1.54) is 17.3 Å². The second-order valence-electron chi connectivity index (χ2n) is 8.06. The zero-order valence-corrected chi connectivity index (χ0v) is 20.3. The molecular weight excluding hydrogens is 424 g/mol. The van der Waals surface area contributed by atoms with Crippen LogP contribution in [0.2, 0.25) is 0 Å². The molecule has 1 atom stereocenters. The van der Waals surface area contributed by atoms with Crippen molar-refractivity contribution in [2.24, 2.45) is 5.92 Å². The van der Waals surface area contributed by atoms with Gasteiger partial charge < -0.3 is 14.6 Å². The fraction of sp³-hybridized carbons (Fsp3) is 0.480. The van der Waals surface area contributed by atoms with Crippen LogP contribution in [-0.4, -0.2) is 40.8 Å². The molecule has 1 aromatic heterocycles. The lowest BCUT2D eigenvalue weighted by Crippen LogP contribution is -2.21. The monoisotopic (exact) mass is 456 g/mol. The summed E-state index contributed by atoms with van der Waals surface area (Å²) in [6, 6.07) is 5.90. The predicted molar refractivity (Wildman–Crippen MR) is 128 cm³/mol. The van der Waals surface area contributed by atoms with Gasteiger partial charge in [0.05, 0.1) is 25.9 Å². The molecule has 1 aliphatic rings. The second kappa shape index (κ2) is 10.9. The summed E-state index contributed by atoms with van der Waals surface area (Å²) in [5, 5.41) is 11.5. The number of rotatable bonds is 9. The van der Waals surface area contributed by atoms with Crippen molar-refractivity contribution in [3.63, 3.8) is 0 Å². The van der Waals surface area contributed by atoms with Gasteiger partial charge >= 0.3 is 0 Å². The minimum atomic E-state index is 0.0382. The quantitative estimate of drug-likeness (QED) is 0.402. The molecule has 32 heavy (non-hydrogen) atoms. The van der Waals surface area contributed by atoms with Gasteiger partial charge in [0.1, 0.15) is 5.76 Å². The second-order valence-corrected chi connectivity index (χ2v) is 9.12. The van der Waals surface area contributed by atoms with E-state index in [2.05, 4.69) is 42.9 Å². The number of aryl methyl sites for hydroxylation is 3. The third kappa shape index (κ3) is 5.44. The number of aliphatic hydroxyl groups excluding tert-OH is 1. The van der Waals surface area contributed by atoms with Crippen molar-refractivity contribution in [2.45, 2.75) is 58.0 Å². The van der Waals surface area contributed by atoms with E-state index in [-0.39, 0.29) is 17.5 Å². The zero-order valence-electron chi connectivity index (χ0n) is 19.5. The van der Waals surface area contributed by atoms with Crippen LogP contribution < -0.4 is 9.47 Å². The van der Waals surface area contributed by atoms with E-state index < -0.39 is 0 Å². The van der Waals surface area contributed by atoms with E-state index in [4.69, 9.17) is 9.47 Å². The van der Waals surface area contributed by atoms with Crippen LogP contribution in [0, 0.1) is 12.8 Å². The smallest absolute Gasteiger partial charge is 0.220 e. The number of aromatic nitrogens is 2. The maximum absolute atomic E-state index is 13.2. The number of hydrogen-bond acceptors (Lipinski definition) is 7. The predicted octanol–water partition coefficient (Wildman–Crippen LogP) is 5.36. The first-order chi connectivity index (χ1) is 15.4. The Labute approximate surface area is 194 Å². The number of ketones is 1. The average molecular weight is 457 g/mol. The standard InChI is InChI=1S/C25H32N2O4S/c1-6-17-10-15(3)11-18(7-2)23(17)24-19(28)12-16(13-20(24)29)8-9-32-25-26-21(30-4)14-22(27-25)31-5/h10-11,14,16,28H,6-9,12-13H2,1-5H3. The molecule has 172 valence electrons. The lowest BCUT2D eigenvalue weighted by atomic mass is 9.79. The number of methoxy groups -OCH3 is 2. The molecule has 6 nitrogen and oxygen atoms in total. The van der Waals surface area contributed by atoms with Crippen LogP contribution in [-0.2, 0) is 17.6 Å². The number of allylic oxidation sites excluding steroid dienone is 2. The highest BCUT2D eigenvalue weighted by molar-refractivity contribution is 7.99. The van der Waals surface area contributed by atoms with Gasteiger partial charge in [-0.1, -0.05) is 43.3 Å². The van der Waals surface area contributed by atoms with Gasteiger partial charge in [0.25, 0.3) is 0 Å². The van der Waals surface area contributed by atoms with Crippen molar-refractivity contribution in [1.82, 2.24) is 9.97 Å². The SMILES string of the molecule is CCc1cc(C)cc(CC)c1C1=C(O)CC(CCSc2nc(OC)cc(OC)n2)CC1=O. The van der Waals surface area contributed by atoms with E-state index >= 15 is 0 Å². The number of aliphatic hydroxyl groups is 1. The van der Waals surface area contributed by atoms with Crippen LogP contribution in [0.3, 0.4) is 0 Å². The maximum atomic E-state index is 13.2. The number of carbonyl (C=O) groups excluding carboxylic acids is 1. The molecule has 0 saturated carbocycles. The number of hydrogen-bond donors (Lipinski definition) is 1. The van der Waals surface area contributed by atoms with Crippen molar-refractivity contribution < 1.29 is 19.4 Å². The van der Waals surface area contributed by atoms with Crippen LogP contribution in [0.25, 0.3) is 5.57 Å². The first kappa shape index (κ1) is 24.1. The van der Waals surface area contributed by atoms with E-state index in [0.29, 0.717) is 35.3 Å². The Morgan fingerprint density at radius 3 is 2.12 bits per heavy atom. The summed E-state index contributed by atoms with van der Waals surface area (Å²) in [7, 11) is 3.11. The minimum absolute atomic E-state index is 0.0382. The van der Waals surface area contributed by atoms with Crippen LogP contribution in [0.4, 0.5) is 0 Å². The van der Waals surface area contributed by atoms with Crippen LogP contribution in [0.1, 0.15) is 55.4 Å². The molecule has 7 heteroatoms. The highest BCUT2D eigenvalue weighted by atomic mass is 32.2. The molecule has 2 aromatic rings. The van der Waals surface area contributed by atoms with Crippen molar-refractivity contribution in [1.29, 1.82) is 0 Å². The fourth-order valence-electron chi connectivity index (χ4n) is 4.26. The van der Waals surface area contributed by atoms with Gasteiger partial charge in [-0.3, -0.25) is 4.79 Å². The third-order valence-corrected chi connectivity index (χ3v) is 6.70. The summed E-state index contributed by atoms with van der Waals surface area (Å²) < 4.78 is 10.4. The molecule has 1 heterocycles. The van der Waals surface area contributed by atoms with E-state index in [1.807, 2.05) is 0 Å². The molecule has 1 N–H and O–H groups in total. The van der Waals surface area contributed by atoms with Crippen molar-refractivity contribution in [3.8, 4) is 11.8 Å². The van der Waals surface area contributed by atoms with Gasteiger partial charge in [-0.2, -0.15) is 9.97 Å². The number of benzene rings is 1. The Bertz CT molecular complexity index is 972. The highest BCUT2D eigenvalue weighted by Crippen LogP contribution is 2.38. The number of carbonyl (C=O) groups is 1. The largest absolute Gasteiger partial charge is 0.512 e. The van der Waals surface area contributed by atoms with E-state index in [1.54, 1.807) is 20.3 Å². The molecule has 0 radical (unpaired) electrons. The topological polar surface area (TPSA) is 81.5 Å². The molecule has 0 bridgehead atoms. The number of ether oxygens (including phenoxy) is 2. The summed E-state index contributed by atoms with van der Waals surface area (Å²) in [6.45, 7) is 6.27. The molecular formula is C25H32N2O4S. The average Bonchev–Trinajstić information content (AvgIpc) is 2.78. The van der Waals surface area contributed by atoms with Crippen molar-refractivity contribution in [2.75, 3.05) is 20.0 Å². The Kier molecular flexibility index (Phi) is 8.18. The van der Waals surface area contributed by atoms with Crippen molar-refractivity contribution in [3.05, 3.63) is 46.2 Å². The van der Waals surface area contributed by atoms with E-state index in [0.717, 1.165) is 41.7 Å². The molecule has 0 amide bonds. The first-order valence-electron chi connectivity index (χ1n) is 11.1.